The van der Waals surface area contributed by atoms with Crippen LogP contribution >= 0.6 is 0 Å². The molecular weight excluding hydrogens is 162 g/mol. The highest BCUT2D eigenvalue weighted by atomic mass is 16.5. The molecule has 1 aliphatic heterocycles. The van der Waals surface area contributed by atoms with Crippen LogP contribution in [0.3, 0.4) is 0 Å². The molecule has 0 saturated heterocycles. The van der Waals surface area contributed by atoms with Crippen molar-refractivity contribution in [2.45, 2.75) is 39.3 Å². The fourth-order valence-corrected chi connectivity index (χ4v) is 1.50. The molecule has 0 bridgehead atoms. The van der Waals surface area contributed by atoms with Gasteiger partial charge in [-0.3, -0.25) is 0 Å². The predicted octanol–water partition coefficient (Wildman–Crippen LogP) is 2.71. The van der Waals surface area contributed by atoms with Crippen LogP contribution in [-0.2, 0) is 4.74 Å². The Kier molecular flexibility index (Phi) is 2.33. The van der Waals surface area contributed by atoms with E-state index < -0.39 is 0 Å². The predicted molar refractivity (Wildman–Crippen MR) is 56.0 cm³/mol. The second-order valence-corrected chi connectivity index (χ2v) is 4.17. The summed E-state index contributed by atoms with van der Waals surface area (Å²) in [5, 5.41) is 0. The van der Waals surface area contributed by atoms with E-state index >= 15 is 0 Å². The lowest BCUT2D eigenvalue weighted by Crippen LogP contribution is -2.33. The van der Waals surface area contributed by atoms with Gasteiger partial charge in [-0.25, -0.2) is 4.99 Å². The topological polar surface area (TPSA) is 21.6 Å². The van der Waals surface area contributed by atoms with Crippen molar-refractivity contribution in [2.24, 2.45) is 4.99 Å². The molecule has 0 aliphatic carbocycles. The molecule has 0 N–H and O–H groups in total. The molecule has 0 aromatic heterocycles. The van der Waals surface area contributed by atoms with E-state index in [4.69, 9.17) is 4.74 Å². The highest BCUT2D eigenvalue weighted by Gasteiger charge is 2.38. The number of ether oxygens (including phenoxy) is 1. The van der Waals surface area contributed by atoms with Gasteiger partial charge in [-0.05, 0) is 27.7 Å². The number of nitrogens with zero attached hydrogens (tertiary/aromatic N) is 1. The lowest BCUT2D eigenvalue weighted by molar-refractivity contribution is 0.108. The van der Waals surface area contributed by atoms with Gasteiger partial charge in [0, 0.05) is 5.57 Å². The van der Waals surface area contributed by atoms with Gasteiger partial charge in [0.2, 0.25) is 5.90 Å². The highest BCUT2D eigenvalue weighted by Crippen LogP contribution is 2.30. The van der Waals surface area contributed by atoms with Gasteiger partial charge in [-0.2, -0.15) is 0 Å². The Hall–Kier alpha value is -1.05. The van der Waals surface area contributed by atoms with E-state index in [-0.39, 0.29) is 11.6 Å². The number of hydrogen-bond donors (Lipinski definition) is 0. The molecular formula is C11H17NO. The first-order chi connectivity index (χ1) is 5.84. The Morgan fingerprint density at radius 2 is 1.92 bits per heavy atom. The lowest BCUT2D eigenvalue weighted by atomic mass is 9.95. The van der Waals surface area contributed by atoms with Crippen LogP contribution in [0.4, 0.5) is 0 Å². The molecule has 1 aliphatic rings. The molecule has 0 aromatic rings. The van der Waals surface area contributed by atoms with Crippen LogP contribution in [0.1, 0.15) is 27.7 Å². The van der Waals surface area contributed by atoms with E-state index in [0.29, 0.717) is 5.90 Å². The number of hydrogen-bond acceptors (Lipinski definition) is 2. The molecule has 0 aromatic carbocycles. The summed E-state index contributed by atoms with van der Waals surface area (Å²) in [7, 11) is 0. The van der Waals surface area contributed by atoms with Crippen LogP contribution in [0.25, 0.3) is 0 Å². The van der Waals surface area contributed by atoms with Crippen LogP contribution in [-0.4, -0.2) is 17.5 Å². The fourth-order valence-electron chi connectivity index (χ4n) is 1.50. The molecule has 72 valence electrons. The molecule has 0 fully saturated rings. The molecule has 0 saturated carbocycles. The van der Waals surface area contributed by atoms with Crippen molar-refractivity contribution in [3.8, 4) is 0 Å². The Morgan fingerprint density at radius 1 is 1.38 bits per heavy atom. The minimum atomic E-state index is -0.278. The first-order valence-corrected chi connectivity index (χ1v) is 4.42. The molecule has 1 unspecified atom stereocenters. The molecule has 0 amide bonds. The highest BCUT2D eigenvalue weighted by molar-refractivity contribution is 5.94. The second-order valence-electron chi connectivity index (χ2n) is 4.17. The molecule has 13 heavy (non-hydrogen) atoms. The standard InChI is InChI=1S/C11H17NO/c1-7(2)9-11(5,6)13-10(12-9)8(3)4/h9H,1,3H2,2,4-6H3. The zero-order valence-corrected chi connectivity index (χ0v) is 8.85. The van der Waals surface area contributed by atoms with Crippen molar-refractivity contribution >= 4 is 5.90 Å². The Morgan fingerprint density at radius 3 is 2.15 bits per heavy atom. The summed E-state index contributed by atoms with van der Waals surface area (Å²) in [6, 6.07) is 0.0548. The summed E-state index contributed by atoms with van der Waals surface area (Å²) < 4.78 is 5.67. The zero-order valence-electron chi connectivity index (χ0n) is 8.85. The third-order valence-corrected chi connectivity index (χ3v) is 2.10. The maximum absolute atomic E-state index is 5.67. The van der Waals surface area contributed by atoms with Gasteiger partial charge in [0.05, 0.1) is 0 Å². The molecule has 2 heteroatoms. The molecule has 1 rings (SSSR count). The maximum atomic E-state index is 5.67. The fraction of sp³-hybridized carbons (Fsp3) is 0.545. The SMILES string of the molecule is C=C(C)C1=NC(C(=C)C)C(C)(C)O1. The van der Waals surface area contributed by atoms with E-state index in [9.17, 15) is 0 Å². The average Bonchev–Trinajstić information content (AvgIpc) is 2.25. The third-order valence-electron chi connectivity index (χ3n) is 2.10. The largest absolute Gasteiger partial charge is 0.469 e. The minimum absolute atomic E-state index is 0.0548. The monoisotopic (exact) mass is 179 g/mol. The third kappa shape index (κ3) is 1.82. The normalized spacial score (nSPS) is 24.9. The van der Waals surface area contributed by atoms with Crippen molar-refractivity contribution in [1.29, 1.82) is 0 Å². The van der Waals surface area contributed by atoms with Gasteiger partial charge >= 0.3 is 0 Å². The quantitative estimate of drug-likeness (QED) is 0.597. The van der Waals surface area contributed by atoms with Gasteiger partial charge in [0.25, 0.3) is 0 Å². The van der Waals surface area contributed by atoms with Gasteiger partial charge in [-0.1, -0.05) is 18.7 Å². The Bertz CT molecular complexity index is 286. The van der Waals surface area contributed by atoms with Crippen molar-refractivity contribution < 1.29 is 4.74 Å². The van der Waals surface area contributed by atoms with Crippen LogP contribution in [0, 0.1) is 0 Å². The number of aliphatic imine (C=N–C) groups is 1. The first-order valence-electron chi connectivity index (χ1n) is 4.42. The summed E-state index contributed by atoms with van der Waals surface area (Å²) in [4.78, 5) is 4.44. The van der Waals surface area contributed by atoms with Crippen LogP contribution in [0.15, 0.2) is 29.3 Å². The number of rotatable bonds is 2. The van der Waals surface area contributed by atoms with E-state index in [2.05, 4.69) is 18.2 Å². The minimum Gasteiger partial charge on any atom is -0.469 e. The first kappa shape index (κ1) is 10.0. The van der Waals surface area contributed by atoms with E-state index in [1.807, 2.05) is 27.7 Å². The summed E-state index contributed by atoms with van der Waals surface area (Å²) in [6.07, 6.45) is 0. The van der Waals surface area contributed by atoms with Gasteiger partial charge < -0.3 is 4.74 Å². The zero-order chi connectivity index (χ0) is 10.2. The van der Waals surface area contributed by atoms with Crippen LogP contribution in [0.5, 0.6) is 0 Å². The maximum Gasteiger partial charge on any atom is 0.212 e. The second kappa shape index (κ2) is 3.02. The smallest absolute Gasteiger partial charge is 0.212 e. The Balaban J connectivity index is 2.95. The van der Waals surface area contributed by atoms with Gasteiger partial charge in [0.1, 0.15) is 11.6 Å². The summed E-state index contributed by atoms with van der Waals surface area (Å²) >= 11 is 0. The molecule has 2 nitrogen and oxygen atoms in total. The van der Waals surface area contributed by atoms with Crippen molar-refractivity contribution in [3.05, 3.63) is 24.3 Å². The van der Waals surface area contributed by atoms with E-state index in [1.54, 1.807) is 0 Å². The van der Waals surface area contributed by atoms with Crippen LogP contribution < -0.4 is 0 Å². The van der Waals surface area contributed by atoms with E-state index in [1.165, 1.54) is 0 Å². The summed E-state index contributed by atoms with van der Waals surface area (Å²) in [6.45, 7) is 15.6. The van der Waals surface area contributed by atoms with Crippen LogP contribution in [0.2, 0.25) is 0 Å². The Labute approximate surface area is 80.0 Å². The molecule has 1 heterocycles. The molecule has 0 radical (unpaired) electrons. The van der Waals surface area contributed by atoms with E-state index in [0.717, 1.165) is 11.1 Å². The summed E-state index contributed by atoms with van der Waals surface area (Å²) in [5.41, 5.74) is 1.62. The van der Waals surface area contributed by atoms with Gasteiger partial charge in [-0.15, -0.1) is 0 Å². The van der Waals surface area contributed by atoms with Crippen molar-refractivity contribution in [1.82, 2.24) is 0 Å². The van der Waals surface area contributed by atoms with Gasteiger partial charge in [0.15, 0.2) is 0 Å². The molecule has 0 spiro atoms. The lowest BCUT2D eigenvalue weighted by Gasteiger charge is -2.24. The average molecular weight is 179 g/mol. The van der Waals surface area contributed by atoms with Crippen molar-refractivity contribution in [3.63, 3.8) is 0 Å². The summed E-state index contributed by atoms with van der Waals surface area (Å²) in [5.74, 6) is 0.665. The molecule has 1 atom stereocenters. The van der Waals surface area contributed by atoms with Crippen molar-refractivity contribution in [2.75, 3.05) is 0 Å².